The van der Waals surface area contributed by atoms with E-state index >= 15 is 0 Å². The largest absolute Gasteiger partial charge is 0.497 e. The van der Waals surface area contributed by atoms with Crippen LogP contribution in [-0.2, 0) is 26.1 Å². The third kappa shape index (κ3) is 6.06. The minimum Gasteiger partial charge on any atom is -0.497 e. The second kappa shape index (κ2) is 12.4. The number of carbonyl (C=O) groups excluding carboxylic acids is 1. The number of morpholine rings is 1. The number of aromatic nitrogens is 1. The summed E-state index contributed by atoms with van der Waals surface area (Å²) >= 11 is 0. The molecule has 0 bridgehead atoms. The number of benzene rings is 2. The Morgan fingerprint density at radius 1 is 1.02 bits per heavy atom. The van der Waals surface area contributed by atoms with E-state index in [0.717, 1.165) is 24.3 Å². The molecule has 10 heteroatoms. The van der Waals surface area contributed by atoms with E-state index in [4.69, 9.17) is 9.47 Å². The van der Waals surface area contributed by atoms with Gasteiger partial charge >= 0.3 is 0 Å². The number of rotatable bonds is 9. The van der Waals surface area contributed by atoms with Crippen LogP contribution in [0.15, 0.2) is 65.7 Å². The first-order valence-corrected chi connectivity index (χ1v) is 15.6. The van der Waals surface area contributed by atoms with Crippen molar-refractivity contribution in [1.29, 1.82) is 0 Å². The number of nitrogens with zero attached hydrogens (tertiary/aromatic N) is 4. The number of methoxy groups -OCH3 is 1. The highest BCUT2D eigenvalue weighted by Gasteiger charge is 2.40. The fourth-order valence-corrected chi connectivity index (χ4v) is 8.13. The first-order valence-electron chi connectivity index (χ1n) is 14.1. The Bertz CT molecular complexity index is 1440. The zero-order valence-electron chi connectivity index (χ0n) is 24.3. The number of hydrogen-bond donors (Lipinski definition) is 0. The minimum atomic E-state index is -3.91. The molecule has 1 amide bonds. The van der Waals surface area contributed by atoms with Gasteiger partial charge in [0, 0.05) is 58.1 Å². The molecular weight excluding hydrogens is 540 g/mol. The molecule has 41 heavy (non-hydrogen) atoms. The van der Waals surface area contributed by atoms with Gasteiger partial charge in [-0.25, -0.2) is 8.42 Å². The topological polar surface area (TPSA) is 84.3 Å². The van der Waals surface area contributed by atoms with Crippen LogP contribution < -0.4 is 4.74 Å². The van der Waals surface area contributed by atoms with E-state index in [-0.39, 0.29) is 29.8 Å². The van der Waals surface area contributed by atoms with Crippen LogP contribution in [0.2, 0.25) is 0 Å². The molecule has 0 aliphatic carbocycles. The molecule has 3 aromatic rings. The number of amides is 1. The summed E-state index contributed by atoms with van der Waals surface area (Å²) < 4.78 is 43.0. The summed E-state index contributed by atoms with van der Waals surface area (Å²) in [6, 6.07) is 16.6. The van der Waals surface area contributed by atoms with E-state index in [1.54, 1.807) is 38.0 Å². The molecule has 2 unspecified atom stereocenters. The van der Waals surface area contributed by atoms with Gasteiger partial charge in [-0.2, -0.15) is 4.31 Å². The van der Waals surface area contributed by atoms with Gasteiger partial charge in [0.2, 0.25) is 15.9 Å². The van der Waals surface area contributed by atoms with Gasteiger partial charge in [0.25, 0.3) is 0 Å². The number of fused-ring (bicyclic) bond motifs is 1. The van der Waals surface area contributed by atoms with Crippen LogP contribution >= 0.6 is 0 Å². The highest BCUT2D eigenvalue weighted by molar-refractivity contribution is 7.89. The summed E-state index contributed by atoms with van der Waals surface area (Å²) in [7, 11) is -0.510. The van der Waals surface area contributed by atoms with Crippen LogP contribution in [0, 0.1) is 13.8 Å². The smallest absolute Gasteiger partial charge is 0.244 e. The zero-order valence-corrected chi connectivity index (χ0v) is 25.1. The fraction of sp³-hybridized carbons (Fsp3) is 0.452. The third-order valence-corrected chi connectivity index (χ3v) is 10.5. The van der Waals surface area contributed by atoms with Gasteiger partial charge in [-0.05, 0) is 54.8 Å². The van der Waals surface area contributed by atoms with Crippen LogP contribution in [-0.4, -0.2) is 86.5 Å². The summed E-state index contributed by atoms with van der Waals surface area (Å²) in [5.41, 5.74) is 3.13. The number of likely N-dealkylation sites (N-methyl/N-ethyl adjacent to an activating group) is 1. The molecular formula is C31H40N4O5S. The van der Waals surface area contributed by atoms with Crippen LogP contribution in [0.25, 0.3) is 0 Å². The van der Waals surface area contributed by atoms with Crippen LogP contribution in [0.1, 0.15) is 40.9 Å². The quantitative estimate of drug-likeness (QED) is 0.383. The molecule has 1 fully saturated rings. The van der Waals surface area contributed by atoms with Gasteiger partial charge < -0.3 is 18.9 Å². The summed E-state index contributed by atoms with van der Waals surface area (Å²) in [6.07, 6.45) is 2.00. The SMILES string of the molecule is COc1cc(C)c(S(=O)(=O)N2CCn3cccc3C2CC(=O)N(C)C(CN2CCOCC2)c2ccccc2)c(C)c1. The van der Waals surface area contributed by atoms with E-state index < -0.39 is 16.1 Å². The molecule has 3 heterocycles. The van der Waals surface area contributed by atoms with E-state index in [2.05, 4.69) is 9.47 Å². The molecule has 2 aliphatic heterocycles. The van der Waals surface area contributed by atoms with Crippen molar-refractivity contribution in [2.75, 3.05) is 53.6 Å². The highest BCUT2D eigenvalue weighted by atomic mass is 32.2. The predicted molar refractivity (Wildman–Crippen MR) is 157 cm³/mol. The maximum absolute atomic E-state index is 14.3. The lowest BCUT2D eigenvalue weighted by molar-refractivity contribution is -0.134. The van der Waals surface area contributed by atoms with Gasteiger partial charge in [0.1, 0.15) is 5.75 Å². The Morgan fingerprint density at radius 3 is 2.37 bits per heavy atom. The molecule has 5 rings (SSSR count). The molecule has 2 aromatic carbocycles. The molecule has 0 spiro atoms. The summed E-state index contributed by atoms with van der Waals surface area (Å²) in [5.74, 6) is 0.516. The average Bonchev–Trinajstić information content (AvgIpc) is 3.45. The normalized spacial score (nSPS) is 19.0. The molecule has 220 valence electrons. The van der Waals surface area contributed by atoms with Crippen molar-refractivity contribution in [2.24, 2.45) is 0 Å². The van der Waals surface area contributed by atoms with Crippen molar-refractivity contribution in [3.05, 3.63) is 83.2 Å². The molecule has 0 radical (unpaired) electrons. The Morgan fingerprint density at radius 2 is 1.71 bits per heavy atom. The fourth-order valence-electron chi connectivity index (χ4n) is 6.13. The number of carbonyl (C=O) groups is 1. The van der Waals surface area contributed by atoms with Crippen molar-refractivity contribution in [3.8, 4) is 5.75 Å². The molecule has 1 saturated heterocycles. The zero-order chi connectivity index (χ0) is 29.1. The molecule has 0 saturated carbocycles. The second-order valence-corrected chi connectivity index (χ2v) is 12.7. The van der Waals surface area contributed by atoms with E-state index in [1.165, 1.54) is 4.31 Å². The Labute approximate surface area is 243 Å². The molecule has 1 aromatic heterocycles. The van der Waals surface area contributed by atoms with Gasteiger partial charge in [-0.3, -0.25) is 9.69 Å². The van der Waals surface area contributed by atoms with Crippen molar-refractivity contribution in [2.45, 2.75) is 43.8 Å². The Hall–Kier alpha value is -3.18. The van der Waals surface area contributed by atoms with Gasteiger partial charge in [-0.1, -0.05) is 30.3 Å². The first-order chi connectivity index (χ1) is 19.7. The monoisotopic (exact) mass is 580 g/mol. The number of ether oxygens (including phenoxy) is 2. The van der Waals surface area contributed by atoms with Crippen molar-refractivity contribution in [3.63, 3.8) is 0 Å². The number of hydrogen-bond acceptors (Lipinski definition) is 6. The second-order valence-electron chi connectivity index (χ2n) is 10.9. The lowest BCUT2D eigenvalue weighted by Crippen LogP contribution is -2.46. The summed E-state index contributed by atoms with van der Waals surface area (Å²) in [5, 5.41) is 0. The molecule has 9 nitrogen and oxygen atoms in total. The first kappa shape index (κ1) is 29.3. The molecule has 0 N–H and O–H groups in total. The van der Waals surface area contributed by atoms with Gasteiger partial charge in [0.05, 0.1) is 37.3 Å². The Balaban J connectivity index is 1.46. The van der Waals surface area contributed by atoms with E-state index in [1.807, 2.05) is 55.7 Å². The van der Waals surface area contributed by atoms with E-state index in [0.29, 0.717) is 43.2 Å². The van der Waals surface area contributed by atoms with Crippen molar-refractivity contribution in [1.82, 2.24) is 18.7 Å². The van der Waals surface area contributed by atoms with E-state index in [9.17, 15) is 13.2 Å². The minimum absolute atomic E-state index is 0.0421. The standard InChI is InChI=1S/C31H40N4O5S/c1-23-19-26(39-4)20-24(2)31(23)41(37,38)35-14-13-34-12-8-11-27(34)28(35)21-30(36)32(3)29(25-9-6-5-7-10-25)22-33-15-17-40-18-16-33/h5-12,19-20,28-29H,13-18,21-22H2,1-4H3. The average molecular weight is 581 g/mol. The van der Waals surface area contributed by atoms with Crippen LogP contribution in [0.4, 0.5) is 0 Å². The molecule has 2 aliphatic rings. The van der Waals surface area contributed by atoms with Gasteiger partial charge in [0.15, 0.2) is 0 Å². The predicted octanol–water partition coefficient (Wildman–Crippen LogP) is 3.78. The summed E-state index contributed by atoms with van der Waals surface area (Å²) in [6.45, 7) is 8.06. The lowest BCUT2D eigenvalue weighted by Gasteiger charge is -2.39. The number of sulfonamides is 1. The maximum Gasteiger partial charge on any atom is 0.244 e. The van der Waals surface area contributed by atoms with Crippen molar-refractivity contribution < 1.29 is 22.7 Å². The van der Waals surface area contributed by atoms with Gasteiger partial charge in [-0.15, -0.1) is 0 Å². The van der Waals surface area contributed by atoms with Crippen molar-refractivity contribution >= 4 is 15.9 Å². The highest BCUT2D eigenvalue weighted by Crippen LogP contribution is 2.37. The third-order valence-electron chi connectivity index (χ3n) is 8.30. The Kier molecular flexibility index (Phi) is 8.84. The summed E-state index contributed by atoms with van der Waals surface area (Å²) in [4.78, 5) is 18.5. The lowest BCUT2D eigenvalue weighted by atomic mass is 10.0. The van der Waals surface area contributed by atoms with Crippen LogP contribution in [0.5, 0.6) is 5.75 Å². The molecule has 2 atom stereocenters. The van der Waals surface area contributed by atoms with Crippen LogP contribution in [0.3, 0.4) is 0 Å². The number of aryl methyl sites for hydroxylation is 2. The maximum atomic E-state index is 14.3.